The molecule has 1 fully saturated rings. The molecule has 10 heteroatoms. The van der Waals surface area contributed by atoms with E-state index in [1.807, 2.05) is 22.8 Å². The van der Waals surface area contributed by atoms with Crippen LogP contribution in [0.2, 0.25) is 0 Å². The van der Waals surface area contributed by atoms with Gasteiger partial charge in [0.1, 0.15) is 0 Å². The van der Waals surface area contributed by atoms with Crippen LogP contribution in [0.3, 0.4) is 0 Å². The van der Waals surface area contributed by atoms with Crippen LogP contribution < -0.4 is 16.1 Å². The Bertz CT molecular complexity index is 1380. The van der Waals surface area contributed by atoms with Gasteiger partial charge in [-0.2, -0.15) is 4.98 Å². The lowest BCUT2D eigenvalue weighted by molar-refractivity contribution is 0.438. The molecule has 0 unspecified atom stereocenters. The Morgan fingerprint density at radius 2 is 1.97 bits per heavy atom. The predicted molar refractivity (Wildman–Crippen MR) is 131 cm³/mol. The first-order valence-corrected chi connectivity index (χ1v) is 12.6. The quantitative estimate of drug-likeness (QED) is 0.417. The van der Waals surface area contributed by atoms with E-state index in [4.69, 9.17) is 9.97 Å². The molecule has 1 aromatic carbocycles. The number of hydrogen-bond acceptors (Lipinski definition) is 7. The molecule has 3 aromatic heterocycles. The van der Waals surface area contributed by atoms with Crippen LogP contribution in [0.4, 0.5) is 5.95 Å². The summed E-state index contributed by atoms with van der Waals surface area (Å²) in [4.78, 5) is 37.4. The van der Waals surface area contributed by atoms with Crippen molar-refractivity contribution in [2.45, 2.75) is 30.6 Å². The number of rotatable bonds is 5. The molecule has 0 saturated carbocycles. The Morgan fingerprint density at radius 3 is 2.75 bits per heavy atom. The van der Waals surface area contributed by atoms with Crippen LogP contribution >= 0.6 is 23.1 Å². The first-order valence-electron chi connectivity index (χ1n) is 10.8. The van der Waals surface area contributed by atoms with Gasteiger partial charge in [-0.05, 0) is 30.9 Å². The van der Waals surface area contributed by atoms with E-state index in [2.05, 4.69) is 17.9 Å². The van der Waals surface area contributed by atoms with Crippen LogP contribution in [0.1, 0.15) is 19.8 Å². The largest absolute Gasteiger partial charge is 0.342 e. The minimum Gasteiger partial charge on any atom is -0.342 e. The lowest BCUT2D eigenvalue weighted by Crippen LogP contribution is -2.38. The molecule has 0 amide bonds. The Hall–Kier alpha value is -2.59. The van der Waals surface area contributed by atoms with Crippen molar-refractivity contribution < 1.29 is 0 Å². The molecule has 0 N–H and O–H groups in total. The van der Waals surface area contributed by atoms with Gasteiger partial charge in [0.05, 0.1) is 10.2 Å². The third kappa shape index (κ3) is 3.65. The second-order valence-corrected chi connectivity index (χ2v) is 10.8. The summed E-state index contributed by atoms with van der Waals surface area (Å²) in [5.74, 6) is 2.11. The zero-order valence-corrected chi connectivity index (χ0v) is 20.1. The predicted octanol–water partition coefficient (Wildman–Crippen LogP) is 3.07. The smallest absolute Gasteiger partial charge is 0.332 e. The molecule has 1 aliphatic rings. The van der Waals surface area contributed by atoms with Gasteiger partial charge in [-0.25, -0.2) is 9.78 Å². The summed E-state index contributed by atoms with van der Waals surface area (Å²) in [6, 6.07) is 8.14. The fourth-order valence-corrected chi connectivity index (χ4v) is 6.46. The zero-order chi connectivity index (χ0) is 22.4. The van der Waals surface area contributed by atoms with E-state index in [1.165, 1.54) is 27.3 Å². The molecule has 4 heterocycles. The Balaban J connectivity index is 1.52. The number of aromatic nitrogens is 5. The zero-order valence-electron chi connectivity index (χ0n) is 18.4. The summed E-state index contributed by atoms with van der Waals surface area (Å²) >= 11 is 3.38. The highest BCUT2D eigenvalue weighted by molar-refractivity contribution is 8.01. The summed E-state index contributed by atoms with van der Waals surface area (Å²) in [6.45, 7) is 4.68. The van der Waals surface area contributed by atoms with E-state index < -0.39 is 0 Å². The van der Waals surface area contributed by atoms with Gasteiger partial charge in [0.2, 0.25) is 5.95 Å². The highest BCUT2D eigenvalue weighted by Gasteiger charge is 2.25. The Kier molecular flexibility index (Phi) is 5.58. The molecule has 5 rings (SSSR count). The van der Waals surface area contributed by atoms with E-state index in [0.29, 0.717) is 23.6 Å². The summed E-state index contributed by atoms with van der Waals surface area (Å²) < 4.78 is 6.85. The van der Waals surface area contributed by atoms with Crippen LogP contribution in [-0.4, -0.2) is 42.5 Å². The van der Waals surface area contributed by atoms with Gasteiger partial charge in [0, 0.05) is 39.5 Å². The summed E-state index contributed by atoms with van der Waals surface area (Å²) in [5.41, 5.74) is 1.32. The van der Waals surface area contributed by atoms with Crippen LogP contribution in [0.5, 0.6) is 0 Å². The maximum Gasteiger partial charge on any atom is 0.332 e. The molecule has 4 aromatic rings. The number of thioether (sulfide) groups is 1. The molecule has 1 aliphatic heterocycles. The van der Waals surface area contributed by atoms with Gasteiger partial charge in [0.25, 0.3) is 5.56 Å². The fourth-order valence-electron chi connectivity index (χ4n) is 4.40. The van der Waals surface area contributed by atoms with Gasteiger partial charge in [0.15, 0.2) is 15.5 Å². The van der Waals surface area contributed by atoms with E-state index in [0.717, 1.165) is 41.1 Å². The number of para-hydroxylation sites is 1. The second kappa shape index (κ2) is 8.40. The Labute approximate surface area is 193 Å². The maximum absolute atomic E-state index is 13.1. The highest BCUT2D eigenvalue weighted by Crippen LogP contribution is 2.30. The molecule has 0 spiro atoms. The number of piperidine rings is 1. The lowest BCUT2D eigenvalue weighted by Gasteiger charge is -2.32. The summed E-state index contributed by atoms with van der Waals surface area (Å²) in [5, 5.41) is 0. The third-order valence-electron chi connectivity index (χ3n) is 6.08. The number of aryl methyl sites for hydroxylation is 2. The van der Waals surface area contributed by atoms with E-state index in [-0.39, 0.29) is 11.2 Å². The van der Waals surface area contributed by atoms with Crippen molar-refractivity contribution >= 4 is 50.4 Å². The topological polar surface area (TPSA) is 78.0 Å². The monoisotopic (exact) mass is 470 g/mol. The van der Waals surface area contributed by atoms with Crippen LogP contribution in [-0.2, 0) is 20.6 Å². The molecular weight excluding hydrogens is 444 g/mol. The van der Waals surface area contributed by atoms with Crippen LogP contribution in [0, 0.1) is 5.92 Å². The van der Waals surface area contributed by atoms with Crippen molar-refractivity contribution in [1.29, 1.82) is 0 Å². The van der Waals surface area contributed by atoms with E-state index >= 15 is 0 Å². The molecule has 32 heavy (non-hydrogen) atoms. The summed E-state index contributed by atoms with van der Waals surface area (Å²) in [6.07, 6.45) is 2.30. The second-order valence-electron chi connectivity index (χ2n) is 8.43. The summed E-state index contributed by atoms with van der Waals surface area (Å²) in [7, 11) is 3.21. The van der Waals surface area contributed by atoms with Gasteiger partial charge >= 0.3 is 5.69 Å². The molecule has 1 atom stereocenters. The van der Waals surface area contributed by atoms with Crippen LogP contribution in [0.15, 0.2) is 38.2 Å². The van der Waals surface area contributed by atoms with Crippen molar-refractivity contribution in [1.82, 2.24) is 23.7 Å². The maximum atomic E-state index is 13.1. The SMILES string of the molecule is C[C@@H]1CCCN(c2nc3c(c(=O)n(C)c(=O)n3C)n2CCSc2nc3ccccc3s2)C1. The van der Waals surface area contributed by atoms with E-state index in [9.17, 15) is 9.59 Å². The molecular formula is C22H26N6O2S2. The number of anilines is 1. The van der Waals surface area contributed by atoms with Crippen LogP contribution in [0.25, 0.3) is 21.4 Å². The molecule has 0 aliphatic carbocycles. The average molecular weight is 471 g/mol. The van der Waals surface area contributed by atoms with Gasteiger partial charge in [-0.15, -0.1) is 11.3 Å². The standard InChI is InChI=1S/C22H26N6O2S2/c1-14-7-6-10-27(13-14)20-24-18-17(19(29)26(3)22(30)25(18)2)28(20)11-12-31-21-23-15-8-4-5-9-16(15)32-21/h4-5,8-9,14H,6-7,10-13H2,1-3H3/t14-/m1/s1. The van der Waals surface area contributed by atoms with Crippen molar-refractivity contribution in [3.63, 3.8) is 0 Å². The minimum absolute atomic E-state index is 0.295. The average Bonchev–Trinajstić information content (AvgIpc) is 3.38. The normalized spacial score (nSPS) is 17.0. The molecule has 8 nitrogen and oxygen atoms in total. The number of nitrogens with zero attached hydrogens (tertiary/aromatic N) is 6. The van der Waals surface area contributed by atoms with Crippen molar-refractivity contribution in [3.8, 4) is 0 Å². The van der Waals surface area contributed by atoms with E-state index in [1.54, 1.807) is 30.1 Å². The minimum atomic E-state index is -0.352. The first kappa shape index (κ1) is 21.3. The number of thiazole rings is 1. The van der Waals surface area contributed by atoms with Gasteiger partial charge < -0.3 is 9.47 Å². The number of fused-ring (bicyclic) bond motifs is 2. The Morgan fingerprint density at radius 1 is 1.16 bits per heavy atom. The highest BCUT2D eigenvalue weighted by atomic mass is 32.2. The number of benzene rings is 1. The first-order chi connectivity index (χ1) is 15.4. The molecule has 1 saturated heterocycles. The van der Waals surface area contributed by atoms with Crippen molar-refractivity contribution in [2.75, 3.05) is 23.7 Å². The van der Waals surface area contributed by atoms with Gasteiger partial charge in [-0.3, -0.25) is 13.9 Å². The molecule has 0 radical (unpaired) electrons. The third-order valence-corrected chi connectivity index (χ3v) is 8.24. The van der Waals surface area contributed by atoms with Gasteiger partial charge in [-0.1, -0.05) is 30.8 Å². The van der Waals surface area contributed by atoms with Crippen molar-refractivity contribution in [2.24, 2.45) is 20.0 Å². The fraction of sp³-hybridized carbons (Fsp3) is 0.455. The van der Waals surface area contributed by atoms with Crippen molar-refractivity contribution in [3.05, 3.63) is 45.1 Å². The molecule has 168 valence electrons. The number of imidazole rings is 1. The molecule has 0 bridgehead atoms. The lowest BCUT2D eigenvalue weighted by atomic mass is 10.0. The number of hydrogen-bond donors (Lipinski definition) is 0.